The Kier molecular flexibility index (Phi) is 8.89. The number of nitrogens with one attached hydrogen (secondary N) is 2. The van der Waals surface area contributed by atoms with Crippen molar-refractivity contribution in [3.8, 4) is 0 Å². The summed E-state index contributed by atoms with van der Waals surface area (Å²) in [7, 11) is 0. The Bertz CT molecular complexity index is 789. The molecule has 36 heavy (non-hydrogen) atoms. The number of rotatable bonds is 10. The molecule has 3 N–H and O–H groups in total. The average Bonchev–Trinajstić information content (AvgIpc) is 3.20. The number of aliphatic hydroxyl groups excluding tert-OH is 1. The van der Waals surface area contributed by atoms with Gasteiger partial charge in [-0.1, -0.05) is 27.7 Å². The monoisotopic (exact) mass is 504 g/mol. The summed E-state index contributed by atoms with van der Waals surface area (Å²) in [5, 5.41) is 14.5. The number of Topliss-reactive ketones (excluding diaryl/α,β-unsaturated/α-hetero) is 1. The van der Waals surface area contributed by atoms with Crippen LogP contribution >= 0.6 is 0 Å². The average molecular weight is 505 g/mol. The maximum absolute atomic E-state index is 12.1. The van der Waals surface area contributed by atoms with Crippen LogP contribution in [0.2, 0.25) is 0 Å². The van der Waals surface area contributed by atoms with Crippen LogP contribution in [0.3, 0.4) is 0 Å². The normalized spacial score (nSPS) is 42.7. The Labute approximate surface area is 219 Å². The summed E-state index contributed by atoms with van der Waals surface area (Å²) in [6.45, 7) is 12.2. The first-order chi connectivity index (χ1) is 17.1. The van der Waals surface area contributed by atoms with Crippen molar-refractivity contribution in [2.45, 2.75) is 117 Å². The summed E-state index contributed by atoms with van der Waals surface area (Å²) >= 11 is 0. The van der Waals surface area contributed by atoms with E-state index in [0.717, 1.165) is 32.1 Å². The molecule has 4 aliphatic rings. The first-order valence-corrected chi connectivity index (χ1v) is 15.0. The quantitative estimate of drug-likeness (QED) is 0.363. The third kappa shape index (κ3) is 5.29. The number of carbonyl (C=O) groups is 2. The second-order valence-corrected chi connectivity index (χ2v) is 13.2. The van der Waals surface area contributed by atoms with Crippen LogP contribution in [0.1, 0.15) is 105 Å². The minimum Gasteiger partial charge on any atom is -0.393 e. The fraction of sp³-hybridized carbons (Fsp3) is 0.933. The molecule has 0 heterocycles. The van der Waals surface area contributed by atoms with Crippen LogP contribution in [0.15, 0.2) is 0 Å². The van der Waals surface area contributed by atoms with Crippen molar-refractivity contribution in [1.82, 2.24) is 10.8 Å². The lowest BCUT2D eigenvalue weighted by Gasteiger charge is -2.62. The standard InChI is InChI=1S/C30H52N2O4/c1-6-21(33)18-32-36-22-12-14-29(4)20(16-22)17-26(34)28-24-10-9-23(30(24,5)15-13-25(28)29)19(3)8-11-27(35)31-7-2/h19-20,22-26,28,32,34H,6-18H2,1-5H3,(H,31,35)/t19-,20-,22+,23?,24?,25?,26?,28?,29-,30+/m0/s1. The van der Waals surface area contributed by atoms with Gasteiger partial charge in [0.2, 0.25) is 5.91 Å². The Morgan fingerprint density at radius 2 is 1.75 bits per heavy atom. The van der Waals surface area contributed by atoms with Crippen molar-refractivity contribution in [2.75, 3.05) is 13.1 Å². The highest BCUT2D eigenvalue weighted by atomic mass is 16.7. The van der Waals surface area contributed by atoms with Crippen LogP contribution < -0.4 is 10.8 Å². The topological polar surface area (TPSA) is 87.7 Å². The molecule has 4 aliphatic carbocycles. The van der Waals surface area contributed by atoms with Gasteiger partial charge in [-0.25, -0.2) is 0 Å². The molecular weight excluding hydrogens is 452 g/mol. The molecule has 0 spiro atoms. The van der Waals surface area contributed by atoms with Crippen LogP contribution in [0.5, 0.6) is 0 Å². The predicted octanol–water partition coefficient (Wildman–Crippen LogP) is 5.04. The lowest BCUT2D eigenvalue weighted by Crippen LogP contribution is -2.59. The Balaban J connectivity index is 1.40. The van der Waals surface area contributed by atoms with Gasteiger partial charge in [-0.15, -0.1) is 0 Å². The van der Waals surface area contributed by atoms with E-state index in [1.165, 1.54) is 25.7 Å². The van der Waals surface area contributed by atoms with Gasteiger partial charge >= 0.3 is 0 Å². The minimum absolute atomic E-state index is 0.131. The van der Waals surface area contributed by atoms with E-state index in [1.807, 2.05) is 13.8 Å². The minimum atomic E-state index is -0.226. The number of carbonyl (C=O) groups excluding carboxylic acids is 2. The van der Waals surface area contributed by atoms with E-state index in [0.29, 0.717) is 54.9 Å². The van der Waals surface area contributed by atoms with Gasteiger partial charge in [-0.2, -0.15) is 5.48 Å². The molecule has 1 amide bonds. The molecule has 4 saturated carbocycles. The first-order valence-electron chi connectivity index (χ1n) is 15.0. The first kappa shape index (κ1) is 28.0. The maximum Gasteiger partial charge on any atom is 0.219 e. The van der Waals surface area contributed by atoms with Crippen LogP contribution in [0, 0.1) is 46.3 Å². The molecule has 10 atom stereocenters. The van der Waals surface area contributed by atoms with E-state index < -0.39 is 0 Å². The van der Waals surface area contributed by atoms with E-state index in [9.17, 15) is 14.7 Å². The third-order valence-corrected chi connectivity index (χ3v) is 11.5. The second-order valence-electron chi connectivity index (χ2n) is 13.2. The summed E-state index contributed by atoms with van der Waals surface area (Å²) in [5.74, 6) is 3.61. The smallest absolute Gasteiger partial charge is 0.219 e. The number of hydrogen-bond donors (Lipinski definition) is 3. The Morgan fingerprint density at radius 1 is 1.03 bits per heavy atom. The predicted molar refractivity (Wildman–Crippen MR) is 142 cm³/mol. The lowest BCUT2D eigenvalue weighted by molar-refractivity contribution is -0.184. The highest BCUT2D eigenvalue weighted by Crippen LogP contribution is 2.68. The van der Waals surface area contributed by atoms with Gasteiger partial charge < -0.3 is 10.4 Å². The molecule has 0 aromatic heterocycles. The summed E-state index contributed by atoms with van der Waals surface area (Å²) in [6, 6.07) is 0. The van der Waals surface area contributed by atoms with E-state index >= 15 is 0 Å². The highest BCUT2D eigenvalue weighted by Gasteiger charge is 2.63. The zero-order valence-electron chi connectivity index (χ0n) is 23.5. The van der Waals surface area contributed by atoms with Gasteiger partial charge in [-0.3, -0.25) is 14.4 Å². The van der Waals surface area contributed by atoms with Gasteiger partial charge in [0.05, 0.1) is 18.8 Å². The molecule has 0 aliphatic heterocycles. The molecule has 5 unspecified atom stereocenters. The van der Waals surface area contributed by atoms with Crippen molar-refractivity contribution >= 4 is 11.7 Å². The van der Waals surface area contributed by atoms with Crippen molar-refractivity contribution in [1.29, 1.82) is 0 Å². The summed E-state index contributed by atoms with van der Waals surface area (Å²) in [5.41, 5.74) is 3.47. The fourth-order valence-corrected chi connectivity index (χ4v) is 9.48. The van der Waals surface area contributed by atoms with Crippen LogP contribution in [0.4, 0.5) is 0 Å². The third-order valence-electron chi connectivity index (χ3n) is 11.5. The molecule has 6 nitrogen and oxygen atoms in total. The molecule has 0 bridgehead atoms. The van der Waals surface area contributed by atoms with Crippen LogP contribution in [-0.2, 0) is 14.4 Å². The number of hydroxylamine groups is 1. The van der Waals surface area contributed by atoms with E-state index in [2.05, 4.69) is 31.6 Å². The van der Waals surface area contributed by atoms with Crippen molar-refractivity contribution in [2.24, 2.45) is 46.3 Å². The van der Waals surface area contributed by atoms with Crippen molar-refractivity contribution in [3.63, 3.8) is 0 Å². The molecule has 4 fully saturated rings. The van der Waals surface area contributed by atoms with Crippen molar-refractivity contribution in [3.05, 3.63) is 0 Å². The van der Waals surface area contributed by atoms with Gasteiger partial charge in [0.15, 0.2) is 0 Å². The maximum atomic E-state index is 12.1. The van der Waals surface area contributed by atoms with E-state index in [1.54, 1.807) is 0 Å². The SMILES string of the molecule is CCNC(=O)CC[C@H](C)C1CCC2C3C(O)C[C@@H]4C[C@H](ONCC(=O)CC)CC[C@]4(C)C3CC[C@@]21C. The summed E-state index contributed by atoms with van der Waals surface area (Å²) in [6.07, 6.45) is 11.0. The number of fused-ring (bicyclic) bond motifs is 5. The number of ketones is 1. The van der Waals surface area contributed by atoms with Crippen LogP contribution in [-0.4, -0.2) is 42.1 Å². The van der Waals surface area contributed by atoms with Gasteiger partial charge in [0, 0.05) is 19.4 Å². The van der Waals surface area contributed by atoms with Gasteiger partial charge in [0.25, 0.3) is 0 Å². The highest BCUT2D eigenvalue weighted by molar-refractivity contribution is 5.79. The van der Waals surface area contributed by atoms with Crippen LogP contribution in [0.25, 0.3) is 0 Å². The van der Waals surface area contributed by atoms with Gasteiger partial charge in [0.1, 0.15) is 5.78 Å². The van der Waals surface area contributed by atoms with E-state index in [4.69, 9.17) is 4.84 Å². The molecule has 6 heteroatoms. The molecular formula is C30H52N2O4. The molecule has 0 radical (unpaired) electrons. The Hall–Kier alpha value is -0.980. The molecule has 4 rings (SSSR count). The van der Waals surface area contributed by atoms with E-state index in [-0.39, 0.29) is 41.3 Å². The zero-order valence-corrected chi connectivity index (χ0v) is 23.5. The number of aliphatic hydroxyl groups is 1. The molecule has 0 aromatic carbocycles. The largest absolute Gasteiger partial charge is 0.393 e. The summed E-state index contributed by atoms with van der Waals surface area (Å²) < 4.78 is 0. The van der Waals surface area contributed by atoms with Gasteiger partial charge in [-0.05, 0) is 111 Å². The van der Waals surface area contributed by atoms with Crippen molar-refractivity contribution < 1.29 is 19.5 Å². The number of hydrogen-bond acceptors (Lipinski definition) is 5. The fourth-order valence-electron chi connectivity index (χ4n) is 9.48. The molecule has 206 valence electrons. The second kappa shape index (κ2) is 11.4. The Morgan fingerprint density at radius 3 is 2.47 bits per heavy atom. The summed E-state index contributed by atoms with van der Waals surface area (Å²) in [4.78, 5) is 29.6. The molecule has 0 aromatic rings. The zero-order chi connectivity index (χ0) is 26.1. The lowest BCUT2D eigenvalue weighted by atomic mass is 9.43. The molecule has 0 saturated heterocycles. The number of amides is 1.